The standard InChI is InChI=1S/C25H20BrClN4O/c1-31-10-7-15(8-11-31)6-9-28-25(32)23-17-13-19(27)18(26)14-21(17)30-24(23)22-12-16-4-2-3-5-20(16)29-22/h2-5,7-8,10-14H,6,9H2,1H3,(H2-,28,29,30,32)/p+1. The van der Waals surface area contributed by atoms with Crippen LogP contribution in [0.4, 0.5) is 0 Å². The number of nitrogens with one attached hydrogen (secondary N) is 3. The Morgan fingerprint density at radius 3 is 2.62 bits per heavy atom. The molecule has 0 saturated carbocycles. The van der Waals surface area contributed by atoms with Gasteiger partial charge in [0.15, 0.2) is 12.4 Å². The van der Waals surface area contributed by atoms with Crippen molar-refractivity contribution in [1.82, 2.24) is 15.3 Å². The van der Waals surface area contributed by atoms with Gasteiger partial charge >= 0.3 is 0 Å². The zero-order chi connectivity index (χ0) is 22.2. The van der Waals surface area contributed by atoms with E-state index in [1.165, 1.54) is 5.56 Å². The number of aromatic amines is 2. The third kappa shape index (κ3) is 3.92. The van der Waals surface area contributed by atoms with Gasteiger partial charge in [0.1, 0.15) is 7.05 Å². The number of carbonyl (C=O) groups excluding carboxylic acids is 1. The van der Waals surface area contributed by atoms with E-state index in [-0.39, 0.29) is 5.91 Å². The van der Waals surface area contributed by atoms with Crippen LogP contribution in [0, 0.1) is 0 Å². The second kappa shape index (κ2) is 8.45. The van der Waals surface area contributed by atoms with Crippen molar-refractivity contribution >= 4 is 55.2 Å². The van der Waals surface area contributed by atoms with E-state index in [1.807, 2.05) is 60.4 Å². The van der Waals surface area contributed by atoms with E-state index >= 15 is 0 Å². The molecule has 0 aliphatic heterocycles. The normalized spacial score (nSPS) is 11.3. The molecule has 5 aromatic rings. The lowest BCUT2D eigenvalue weighted by Gasteiger charge is -2.07. The van der Waals surface area contributed by atoms with E-state index in [0.717, 1.165) is 44.1 Å². The Labute approximate surface area is 198 Å². The first-order valence-corrected chi connectivity index (χ1v) is 11.5. The first kappa shape index (κ1) is 20.8. The van der Waals surface area contributed by atoms with Crippen molar-refractivity contribution in [2.45, 2.75) is 6.42 Å². The predicted molar refractivity (Wildman–Crippen MR) is 132 cm³/mol. The Hall–Kier alpha value is -3.09. The maximum atomic E-state index is 13.4. The molecule has 32 heavy (non-hydrogen) atoms. The van der Waals surface area contributed by atoms with Crippen molar-refractivity contribution < 1.29 is 9.36 Å². The third-order valence-electron chi connectivity index (χ3n) is 5.61. The molecule has 2 aromatic carbocycles. The van der Waals surface area contributed by atoms with Crippen molar-refractivity contribution in [2.24, 2.45) is 7.05 Å². The molecule has 0 unspecified atom stereocenters. The van der Waals surface area contributed by atoms with Crippen molar-refractivity contribution in [3.63, 3.8) is 0 Å². The van der Waals surface area contributed by atoms with Gasteiger partial charge in [-0.05, 0) is 52.2 Å². The Morgan fingerprint density at radius 2 is 1.84 bits per heavy atom. The number of hydrogen-bond acceptors (Lipinski definition) is 1. The maximum Gasteiger partial charge on any atom is 0.254 e. The second-order valence-corrected chi connectivity index (χ2v) is 9.10. The number of amides is 1. The minimum Gasteiger partial charge on any atom is -0.353 e. The SMILES string of the molecule is C[n+]1ccc(CCNC(=O)c2c(-c3cc4ccccc4[nH]3)[nH]c3cc(Br)c(Cl)cc23)cc1. The van der Waals surface area contributed by atoms with E-state index < -0.39 is 0 Å². The molecule has 3 aromatic heterocycles. The molecular formula is C25H21BrClN4O+. The van der Waals surface area contributed by atoms with Gasteiger partial charge in [0.05, 0.1) is 22.0 Å². The zero-order valence-electron chi connectivity index (χ0n) is 17.4. The number of para-hydroxylation sites is 1. The maximum absolute atomic E-state index is 13.4. The van der Waals surface area contributed by atoms with Crippen molar-refractivity contribution in [2.75, 3.05) is 6.54 Å². The summed E-state index contributed by atoms with van der Waals surface area (Å²) in [5.41, 5.74) is 5.22. The van der Waals surface area contributed by atoms with Crippen LogP contribution in [-0.2, 0) is 13.5 Å². The van der Waals surface area contributed by atoms with Crippen LogP contribution in [-0.4, -0.2) is 22.4 Å². The average Bonchev–Trinajstić information content (AvgIpc) is 3.37. The molecule has 5 nitrogen and oxygen atoms in total. The summed E-state index contributed by atoms with van der Waals surface area (Å²) in [6.07, 6.45) is 4.76. The summed E-state index contributed by atoms with van der Waals surface area (Å²) in [4.78, 5) is 20.2. The molecular weight excluding hydrogens is 488 g/mol. The molecule has 3 heterocycles. The van der Waals surface area contributed by atoms with Crippen LogP contribution in [0.3, 0.4) is 0 Å². The number of benzene rings is 2. The van der Waals surface area contributed by atoms with Gasteiger partial charge in [-0.2, -0.15) is 0 Å². The van der Waals surface area contributed by atoms with Gasteiger partial charge in [0.25, 0.3) is 5.91 Å². The topological polar surface area (TPSA) is 64.6 Å². The zero-order valence-corrected chi connectivity index (χ0v) is 19.7. The summed E-state index contributed by atoms with van der Waals surface area (Å²) < 4.78 is 2.77. The van der Waals surface area contributed by atoms with E-state index in [2.05, 4.69) is 49.4 Å². The van der Waals surface area contributed by atoms with Gasteiger partial charge in [0.2, 0.25) is 0 Å². The lowest BCUT2D eigenvalue weighted by atomic mass is 10.1. The van der Waals surface area contributed by atoms with Crippen molar-refractivity contribution in [3.05, 3.63) is 87.6 Å². The number of pyridine rings is 1. The molecule has 1 amide bonds. The number of H-pyrrole nitrogens is 2. The third-order valence-corrected chi connectivity index (χ3v) is 6.81. The van der Waals surface area contributed by atoms with E-state index in [9.17, 15) is 4.79 Å². The number of aryl methyl sites for hydroxylation is 1. The molecule has 0 radical (unpaired) electrons. The van der Waals surface area contributed by atoms with Crippen LogP contribution < -0.4 is 9.88 Å². The number of carbonyl (C=O) groups is 1. The van der Waals surface area contributed by atoms with Crippen LogP contribution in [0.1, 0.15) is 15.9 Å². The average molecular weight is 509 g/mol. The molecule has 0 bridgehead atoms. The summed E-state index contributed by atoms with van der Waals surface area (Å²) in [7, 11) is 1.98. The van der Waals surface area contributed by atoms with Crippen LogP contribution in [0.25, 0.3) is 33.2 Å². The highest BCUT2D eigenvalue weighted by Crippen LogP contribution is 2.36. The van der Waals surface area contributed by atoms with Crippen LogP contribution >= 0.6 is 27.5 Å². The molecule has 3 N–H and O–H groups in total. The lowest BCUT2D eigenvalue weighted by molar-refractivity contribution is -0.671. The van der Waals surface area contributed by atoms with Gasteiger partial charge in [-0.3, -0.25) is 4.79 Å². The first-order valence-electron chi connectivity index (χ1n) is 10.3. The monoisotopic (exact) mass is 507 g/mol. The second-order valence-electron chi connectivity index (χ2n) is 7.83. The molecule has 0 atom stereocenters. The van der Waals surface area contributed by atoms with Gasteiger partial charge in [-0.15, -0.1) is 0 Å². The Balaban J connectivity index is 1.52. The summed E-state index contributed by atoms with van der Waals surface area (Å²) in [6, 6.07) is 18.0. The fraction of sp³-hybridized carbons (Fsp3) is 0.120. The van der Waals surface area contributed by atoms with Gasteiger partial charge < -0.3 is 15.3 Å². The minimum absolute atomic E-state index is 0.134. The first-order chi connectivity index (χ1) is 15.5. The molecule has 0 saturated heterocycles. The fourth-order valence-electron chi connectivity index (χ4n) is 3.94. The van der Waals surface area contributed by atoms with Crippen LogP contribution in [0.5, 0.6) is 0 Å². The number of rotatable bonds is 5. The van der Waals surface area contributed by atoms with Crippen LogP contribution in [0.2, 0.25) is 5.02 Å². The quantitative estimate of drug-likeness (QED) is 0.269. The Kier molecular flexibility index (Phi) is 5.49. The van der Waals surface area contributed by atoms with Gasteiger partial charge in [-0.25, -0.2) is 4.57 Å². The molecule has 0 aliphatic carbocycles. The Bertz CT molecular complexity index is 1420. The molecule has 5 rings (SSSR count). The smallest absolute Gasteiger partial charge is 0.254 e. The van der Waals surface area contributed by atoms with Crippen molar-refractivity contribution in [3.8, 4) is 11.4 Å². The highest BCUT2D eigenvalue weighted by molar-refractivity contribution is 9.10. The lowest BCUT2D eigenvalue weighted by Crippen LogP contribution is -2.28. The van der Waals surface area contributed by atoms with Crippen LogP contribution in [0.15, 0.2) is 71.5 Å². The minimum atomic E-state index is -0.134. The highest BCUT2D eigenvalue weighted by atomic mass is 79.9. The molecule has 160 valence electrons. The molecule has 0 aliphatic rings. The van der Waals surface area contributed by atoms with Crippen molar-refractivity contribution in [1.29, 1.82) is 0 Å². The number of aromatic nitrogens is 3. The number of hydrogen-bond donors (Lipinski definition) is 3. The fourth-order valence-corrected chi connectivity index (χ4v) is 4.45. The van der Waals surface area contributed by atoms with Gasteiger partial charge in [0, 0.05) is 45.0 Å². The molecule has 7 heteroatoms. The van der Waals surface area contributed by atoms with E-state index in [4.69, 9.17) is 11.6 Å². The summed E-state index contributed by atoms with van der Waals surface area (Å²) in [6.45, 7) is 0.537. The summed E-state index contributed by atoms with van der Waals surface area (Å²) in [5.74, 6) is -0.134. The number of fused-ring (bicyclic) bond motifs is 2. The number of nitrogens with zero attached hydrogens (tertiary/aromatic N) is 1. The highest BCUT2D eigenvalue weighted by Gasteiger charge is 2.22. The van der Waals surface area contributed by atoms with E-state index in [1.54, 1.807) is 0 Å². The molecule has 0 fully saturated rings. The Morgan fingerprint density at radius 1 is 1.06 bits per heavy atom. The molecule has 0 spiro atoms. The van der Waals surface area contributed by atoms with E-state index in [0.29, 0.717) is 17.1 Å². The van der Waals surface area contributed by atoms with Gasteiger partial charge in [-0.1, -0.05) is 29.8 Å². The summed E-state index contributed by atoms with van der Waals surface area (Å²) in [5, 5.41) is 5.52. The summed E-state index contributed by atoms with van der Waals surface area (Å²) >= 11 is 9.86. The number of halogens is 2. The predicted octanol–water partition coefficient (Wildman–Crippen LogP) is 5.53. The largest absolute Gasteiger partial charge is 0.353 e.